The van der Waals surface area contributed by atoms with Crippen molar-refractivity contribution < 1.29 is 14.7 Å². The highest BCUT2D eigenvalue weighted by Crippen LogP contribution is 2.15. The topological polar surface area (TPSA) is 84.2 Å². The van der Waals surface area contributed by atoms with Crippen molar-refractivity contribution >= 4 is 22.9 Å². The fourth-order valence-corrected chi connectivity index (χ4v) is 2.83. The Hall–Kier alpha value is -3.15. The highest BCUT2D eigenvalue weighted by Gasteiger charge is 2.21. The molecule has 6 heteroatoms. The molecule has 3 aromatic rings. The molecule has 0 aliphatic heterocycles. The number of nitrogens with zero attached hydrogens (tertiary/aromatic N) is 2. The molecule has 2 N–H and O–H groups in total. The van der Waals surface area contributed by atoms with Gasteiger partial charge in [0, 0.05) is 6.42 Å². The van der Waals surface area contributed by atoms with Gasteiger partial charge in [-0.1, -0.05) is 42.5 Å². The van der Waals surface area contributed by atoms with Crippen molar-refractivity contribution in [3.05, 3.63) is 66.0 Å². The second-order valence-corrected chi connectivity index (χ2v) is 5.88. The Labute approximate surface area is 145 Å². The molecule has 0 saturated carbocycles. The first-order chi connectivity index (χ1) is 12.0. The number of rotatable bonds is 6. The molecule has 0 saturated heterocycles. The second kappa shape index (κ2) is 7.17. The van der Waals surface area contributed by atoms with E-state index in [0.717, 1.165) is 16.6 Å². The highest BCUT2D eigenvalue weighted by molar-refractivity contribution is 5.85. The molecular weight excluding hydrogens is 318 g/mol. The van der Waals surface area contributed by atoms with Gasteiger partial charge in [0.05, 0.1) is 11.0 Å². The Morgan fingerprint density at radius 1 is 1.12 bits per heavy atom. The van der Waals surface area contributed by atoms with Crippen LogP contribution >= 0.6 is 0 Å². The van der Waals surface area contributed by atoms with E-state index in [9.17, 15) is 14.7 Å². The number of aliphatic carboxylic acids is 1. The molecule has 0 bridgehead atoms. The number of carbonyl (C=O) groups is 2. The van der Waals surface area contributed by atoms with Crippen molar-refractivity contribution in [3.8, 4) is 0 Å². The summed E-state index contributed by atoms with van der Waals surface area (Å²) in [6, 6.07) is 15.8. The van der Waals surface area contributed by atoms with Crippen LogP contribution in [0.15, 0.2) is 54.6 Å². The Morgan fingerprint density at radius 2 is 1.80 bits per heavy atom. The van der Waals surface area contributed by atoms with Crippen LogP contribution in [0.4, 0.5) is 0 Å². The molecule has 0 fully saturated rings. The molecule has 0 radical (unpaired) electrons. The van der Waals surface area contributed by atoms with E-state index in [0.29, 0.717) is 5.82 Å². The van der Waals surface area contributed by atoms with Crippen molar-refractivity contribution in [3.63, 3.8) is 0 Å². The molecule has 0 aliphatic rings. The molecule has 128 valence electrons. The number of imidazole rings is 1. The first-order valence-corrected chi connectivity index (χ1v) is 8.02. The molecule has 0 spiro atoms. The van der Waals surface area contributed by atoms with Crippen LogP contribution in [0, 0.1) is 6.92 Å². The summed E-state index contributed by atoms with van der Waals surface area (Å²) in [6.45, 7) is 1.86. The Kier molecular flexibility index (Phi) is 4.79. The van der Waals surface area contributed by atoms with Gasteiger partial charge >= 0.3 is 5.97 Å². The lowest BCUT2D eigenvalue weighted by atomic mass is 10.1. The van der Waals surface area contributed by atoms with Crippen LogP contribution in [-0.4, -0.2) is 32.6 Å². The number of para-hydroxylation sites is 2. The third kappa shape index (κ3) is 3.85. The number of aryl methyl sites for hydroxylation is 1. The molecule has 1 atom stereocenters. The van der Waals surface area contributed by atoms with Gasteiger partial charge in [0.1, 0.15) is 18.4 Å². The Morgan fingerprint density at radius 3 is 2.52 bits per heavy atom. The molecule has 0 aliphatic carbocycles. The van der Waals surface area contributed by atoms with Crippen molar-refractivity contribution in [1.82, 2.24) is 14.9 Å². The number of carbonyl (C=O) groups excluding carboxylic acids is 1. The van der Waals surface area contributed by atoms with E-state index in [1.165, 1.54) is 0 Å². The van der Waals surface area contributed by atoms with Gasteiger partial charge in [-0.15, -0.1) is 0 Å². The van der Waals surface area contributed by atoms with Gasteiger partial charge in [0.15, 0.2) is 0 Å². The monoisotopic (exact) mass is 337 g/mol. The molecule has 1 amide bonds. The minimum Gasteiger partial charge on any atom is -0.480 e. The summed E-state index contributed by atoms with van der Waals surface area (Å²) in [7, 11) is 0. The number of hydrogen-bond donors (Lipinski definition) is 2. The predicted octanol–water partition coefficient (Wildman–Crippen LogP) is 2.16. The fraction of sp³-hybridized carbons (Fsp3) is 0.211. The standard InChI is InChI=1S/C19H19N3O3/c1-13-20-15-9-5-6-10-17(15)22(13)12-18(23)21-16(19(24)25)11-14-7-3-2-4-8-14/h2-10,16H,11-12H2,1H3,(H,21,23)(H,24,25)/t16-/m0/s1. The summed E-state index contributed by atoms with van der Waals surface area (Å²) in [6.07, 6.45) is 0.242. The molecule has 0 unspecified atom stereocenters. The second-order valence-electron chi connectivity index (χ2n) is 5.88. The molecule has 1 heterocycles. The van der Waals surface area contributed by atoms with E-state index in [1.54, 1.807) is 4.57 Å². The third-order valence-electron chi connectivity index (χ3n) is 4.06. The average molecular weight is 337 g/mol. The van der Waals surface area contributed by atoms with E-state index in [-0.39, 0.29) is 18.9 Å². The SMILES string of the molecule is Cc1nc2ccccc2n1CC(=O)N[C@@H](Cc1ccccc1)C(=O)O. The number of carboxylic acid groups (broad SMARTS) is 1. The third-order valence-corrected chi connectivity index (χ3v) is 4.06. The van der Waals surface area contributed by atoms with Crippen LogP contribution in [0.5, 0.6) is 0 Å². The summed E-state index contributed by atoms with van der Waals surface area (Å²) < 4.78 is 1.78. The zero-order valence-corrected chi connectivity index (χ0v) is 13.8. The molecule has 3 rings (SSSR count). The molecule has 1 aromatic heterocycles. The van der Waals surface area contributed by atoms with Crippen LogP contribution in [-0.2, 0) is 22.6 Å². The normalized spacial score (nSPS) is 12.0. The maximum atomic E-state index is 12.4. The predicted molar refractivity (Wildman–Crippen MR) is 94.2 cm³/mol. The lowest BCUT2D eigenvalue weighted by Gasteiger charge is -2.15. The van der Waals surface area contributed by atoms with Gasteiger partial charge in [0.25, 0.3) is 0 Å². The molecule has 25 heavy (non-hydrogen) atoms. The maximum Gasteiger partial charge on any atom is 0.326 e. The van der Waals surface area contributed by atoms with Crippen molar-refractivity contribution in [2.45, 2.75) is 25.9 Å². The highest BCUT2D eigenvalue weighted by atomic mass is 16.4. The minimum atomic E-state index is -1.05. The summed E-state index contributed by atoms with van der Waals surface area (Å²) >= 11 is 0. The van der Waals surface area contributed by atoms with Gasteiger partial charge in [-0.2, -0.15) is 0 Å². The lowest BCUT2D eigenvalue weighted by Crippen LogP contribution is -2.43. The summed E-state index contributed by atoms with van der Waals surface area (Å²) in [4.78, 5) is 28.3. The van der Waals surface area contributed by atoms with Crippen molar-refractivity contribution in [2.75, 3.05) is 0 Å². The number of fused-ring (bicyclic) bond motifs is 1. The number of aromatic nitrogens is 2. The largest absolute Gasteiger partial charge is 0.480 e. The van der Waals surface area contributed by atoms with E-state index in [1.807, 2.05) is 61.5 Å². The number of hydrogen-bond acceptors (Lipinski definition) is 3. The summed E-state index contributed by atoms with van der Waals surface area (Å²) in [5, 5.41) is 12.0. The van der Waals surface area contributed by atoms with E-state index < -0.39 is 12.0 Å². The van der Waals surface area contributed by atoms with E-state index in [4.69, 9.17) is 0 Å². The summed E-state index contributed by atoms with van der Waals surface area (Å²) in [5.41, 5.74) is 2.52. The van der Waals surface area contributed by atoms with Gasteiger partial charge in [0.2, 0.25) is 5.91 Å². The first kappa shape index (κ1) is 16.7. The number of amides is 1. The van der Waals surface area contributed by atoms with Gasteiger partial charge in [-0.25, -0.2) is 9.78 Å². The Bertz CT molecular complexity index is 903. The maximum absolute atomic E-state index is 12.4. The fourth-order valence-electron chi connectivity index (χ4n) is 2.83. The number of nitrogens with one attached hydrogen (secondary N) is 1. The van der Waals surface area contributed by atoms with Crippen LogP contribution in [0.2, 0.25) is 0 Å². The van der Waals surface area contributed by atoms with Gasteiger partial charge < -0.3 is 15.0 Å². The lowest BCUT2D eigenvalue weighted by molar-refractivity contribution is -0.141. The number of carboxylic acids is 1. The van der Waals surface area contributed by atoms with Crippen molar-refractivity contribution in [2.24, 2.45) is 0 Å². The van der Waals surface area contributed by atoms with Crippen LogP contribution in [0.1, 0.15) is 11.4 Å². The first-order valence-electron chi connectivity index (χ1n) is 8.02. The van der Waals surface area contributed by atoms with E-state index in [2.05, 4.69) is 10.3 Å². The van der Waals surface area contributed by atoms with Crippen LogP contribution in [0.25, 0.3) is 11.0 Å². The summed E-state index contributed by atoms with van der Waals surface area (Å²) in [5.74, 6) is -0.690. The zero-order valence-electron chi connectivity index (χ0n) is 13.8. The minimum absolute atomic E-state index is 0.0327. The molecule has 2 aromatic carbocycles. The number of benzene rings is 2. The van der Waals surface area contributed by atoms with Crippen molar-refractivity contribution in [1.29, 1.82) is 0 Å². The average Bonchev–Trinajstić information content (AvgIpc) is 2.91. The van der Waals surface area contributed by atoms with E-state index >= 15 is 0 Å². The molecule has 6 nitrogen and oxygen atoms in total. The van der Waals surface area contributed by atoms with Gasteiger partial charge in [-0.3, -0.25) is 4.79 Å². The smallest absolute Gasteiger partial charge is 0.326 e. The zero-order chi connectivity index (χ0) is 17.8. The molecular formula is C19H19N3O3. The Balaban J connectivity index is 1.73. The van der Waals surface area contributed by atoms with Crippen LogP contribution < -0.4 is 5.32 Å². The van der Waals surface area contributed by atoms with Gasteiger partial charge in [-0.05, 0) is 24.6 Å². The quantitative estimate of drug-likeness (QED) is 0.722. The van der Waals surface area contributed by atoms with Crippen LogP contribution in [0.3, 0.4) is 0 Å².